The van der Waals surface area contributed by atoms with Crippen LogP contribution in [0.4, 0.5) is 9.18 Å². The number of unbranched alkanes of at least 4 members (excludes halogenated alkanes) is 2. The number of aryl methyl sites for hydroxylation is 1. The van der Waals surface area contributed by atoms with Gasteiger partial charge >= 0.3 is 6.03 Å². The van der Waals surface area contributed by atoms with E-state index < -0.39 is 5.82 Å². The first kappa shape index (κ1) is 30.4. The number of nitrogens with zero attached hydrogens (tertiary/aromatic N) is 5. The number of nitrogens with one attached hydrogen (secondary N) is 2. The largest absolute Gasteiger partial charge is 0.338 e. The Kier molecular flexibility index (Phi) is 9.16. The molecule has 0 atom stereocenters. The van der Waals surface area contributed by atoms with Gasteiger partial charge in [0.05, 0.1) is 16.6 Å². The average molecular weight is 612 g/mol. The number of benzene rings is 2. The molecule has 2 aliphatic rings. The Morgan fingerprint density at radius 2 is 1.71 bits per heavy atom. The monoisotopic (exact) mass is 611 g/mol. The molecule has 0 aliphatic carbocycles. The molecule has 0 unspecified atom stereocenters. The molecule has 0 spiro atoms. The summed E-state index contributed by atoms with van der Waals surface area (Å²) in [5.74, 6) is -0.851. The van der Waals surface area contributed by atoms with E-state index in [1.807, 2.05) is 36.2 Å². The topological polar surface area (TPSA) is 115 Å². The Morgan fingerprint density at radius 1 is 0.933 bits per heavy atom. The molecule has 2 aliphatic heterocycles. The van der Waals surface area contributed by atoms with Crippen molar-refractivity contribution in [3.05, 3.63) is 105 Å². The fourth-order valence-corrected chi connectivity index (χ4v) is 6.18. The normalized spacial score (nSPS) is 15.0. The van der Waals surface area contributed by atoms with Gasteiger partial charge in [0, 0.05) is 69.5 Å². The molecule has 4 aromatic rings. The van der Waals surface area contributed by atoms with E-state index in [2.05, 4.69) is 25.4 Å². The average Bonchev–Trinajstić information content (AvgIpc) is 3.48. The Hall–Kier alpha value is -4.64. The summed E-state index contributed by atoms with van der Waals surface area (Å²) in [4.78, 5) is 48.2. The zero-order valence-electron chi connectivity index (χ0n) is 25.5. The van der Waals surface area contributed by atoms with Gasteiger partial charge in [0.2, 0.25) is 0 Å². The zero-order valence-corrected chi connectivity index (χ0v) is 25.5. The van der Waals surface area contributed by atoms with Gasteiger partial charge in [-0.1, -0.05) is 30.7 Å². The number of carbonyl (C=O) groups excluding carboxylic acids is 2. The molecule has 1 fully saturated rings. The van der Waals surface area contributed by atoms with Crippen LogP contribution in [-0.2, 0) is 19.5 Å². The van der Waals surface area contributed by atoms with E-state index in [0.29, 0.717) is 50.2 Å². The first-order valence-electron chi connectivity index (χ1n) is 15.6. The van der Waals surface area contributed by atoms with Gasteiger partial charge in [-0.3, -0.25) is 19.5 Å². The van der Waals surface area contributed by atoms with Crippen molar-refractivity contribution in [2.45, 2.75) is 45.7 Å². The van der Waals surface area contributed by atoms with Crippen molar-refractivity contribution in [3.63, 3.8) is 0 Å². The summed E-state index contributed by atoms with van der Waals surface area (Å²) in [6.07, 6.45) is 5.14. The highest BCUT2D eigenvalue weighted by molar-refractivity contribution is 5.95. The van der Waals surface area contributed by atoms with Gasteiger partial charge < -0.3 is 15.1 Å². The lowest BCUT2D eigenvalue weighted by molar-refractivity contribution is 0.0630. The number of H-pyrrole nitrogens is 1. The maximum Gasteiger partial charge on any atom is 0.318 e. The lowest BCUT2D eigenvalue weighted by atomic mass is 10.0. The quantitative estimate of drug-likeness (QED) is 0.277. The molecule has 6 rings (SSSR count). The van der Waals surface area contributed by atoms with E-state index in [9.17, 15) is 18.8 Å². The number of hydrogen-bond donors (Lipinski definition) is 2. The van der Waals surface area contributed by atoms with Gasteiger partial charge in [-0.15, -0.1) is 0 Å². The summed E-state index contributed by atoms with van der Waals surface area (Å²) >= 11 is 0. The molecule has 2 N–H and O–H groups in total. The molecule has 0 radical (unpaired) electrons. The highest BCUT2D eigenvalue weighted by Gasteiger charge is 2.25. The highest BCUT2D eigenvalue weighted by Crippen LogP contribution is 2.23. The summed E-state index contributed by atoms with van der Waals surface area (Å²) < 4.78 is 14.8. The third-order valence-corrected chi connectivity index (χ3v) is 8.72. The van der Waals surface area contributed by atoms with E-state index in [1.54, 1.807) is 29.2 Å². The van der Waals surface area contributed by atoms with Crippen LogP contribution in [0.15, 0.2) is 59.5 Å². The van der Waals surface area contributed by atoms with Crippen LogP contribution in [0.5, 0.6) is 0 Å². The summed E-state index contributed by atoms with van der Waals surface area (Å²) in [5.41, 5.74) is 4.47. The second-order valence-electron chi connectivity index (χ2n) is 11.9. The summed E-state index contributed by atoms with van der Waals surface area (Å²) in [6.45, 7) is 7.31. The van der Waals surface area contributed by atoms with Crippen molar-refractivity contribution in [1.29, 1.82) is 0 Å². The van der Waals surface area contributed by atoms with Gasteiger partial charge in [-0.05, 0) is 67.3 Å². The maximum absolute atomic E-state index is 14.8. The Balaban J connectivity index is 0.924. The van der Waals surface area contributed by atoms with Gasteiger partial charge in [0.25, 0.3) is 11.5 Å². The van der Waals surface area contributed by atoms with Crippen LogP contribution in [0.3, 0.4) is 0 Å². The van der Waals surface area contributed by atoms with Crippen molar-refractivity contribution >= 4 is 22.7 Å². The predicted octanol–water partition coefficient (Wildman–Crippen LogP) is 4.01. The van der Waals surface area contributed by atoms with Gasteiger partial charge in [0.15, 0.2) is 0 Å². The van der Waals surface area contributed by atoms with E-state index in [-0.39, 0.29) is 23.1 Å². The minimum atomic E-state index is -0.543. The van der Waals surface area contributed by atoms with Crippen molar-refractivity contribution in [2.75, 3.05) is 39.3 Å². The van der Waals surface area contributed by atoms with Crippen LogP contribution in [0.1, 0.15) is 57.7 Å². The lowest BCUT2D eigenvalue weighted by Gasteiger charge is -2.35. The number of rotatable bonds is 9. The molecular formula is C34H38FN7O3. The third-order valence-electron chi connectivity index (χ3n) is 8.72. The third kappa shape index (κ3) is 7.04. The minimum Gasteiger partial charge on any atom is -0.338 e. The predicted molar refractivity (Wildman–Crippen MR) is 169 cm³/mol. The van der Waals surface area contributed by atoms with Crippen LogP contribution < -0.4 is 10.9 Å². The summed E-state index contributed by atoms with van der Waals surface area (Å²) in [5, 5.41) is 11.1. The van der Waals surface area contributed by atoms with E-state index in [1.165, 1.54) is 11.6 Å². The number of urea groups is 1. The SMILES string of the molecule is Cc1cc2c(cn1)CN(C(=O)NCCCCCN1CCN(C(=O)c3cc(Cc4n[nH]c(=O)c5ccccc45)ccc3F)CC1)C2. The molecular weight excluding hydrogens is 573 g/mol. The number of amides is 3. The van der Waals surface area contributed by atoms with Crippen LogP contribution in [0.2, 0.25) is 0 Å². The molecule has 11 heteroatoms. The minimum absolute atomic E-state index is 0.0341. The summed E-state index contributed by atoms with van der Waals surface area (Å²) in [7, 11) is 0. The van der Waals surface area contributed by atoms with Crippen molar-refractivity contribution < 1.29 is 14.0 Å². The summed E-state index contributed by atoms with van der Waals surface area (Å²) in [6, 6.07) is 13.8. The first-order chi connectivity index (χ1) is 21.9. The lowest BCUT2D eigenvalue weighted by Crippen LogP contribution is -2.49. The van der Waals surface area contributed by atoms with Crippen molar-refractivity contribution in [3.8, 4) is 0 Å². The molecule has 4 heterocycles. The van der Waals surface area contributed by atoms with Gasteiger partial charge in [-0.2, -0.15) is 5.10 Å². The zero-order chi connectivity index (χ0) is 31.3. The molecule has 0 bridgehead atoms. The van der Waals surface area contributed by atoms with Crippen LogP contribution >= 0.6 is 0 Å². The van der Waals surface area contributed by atoms with Gasteiger partial charge in [-0.25, -0.2) is 14.3 Å². The van der Waals surface area contributed by atoms with E-state index >= 15 is 0 Å². The Morgan fingerprint density at radius 3 is 2.53 bits per heavy atom. The van der Waals surface area contributed by atoms with Crippen LogP contribution in [0.25, 0.3) is 10.8 Å². The molecule has 1 saturated heterocycles. The number of aromatic amines is 1. The standard InChI is InChI=1S/C34H38FN7O3/c1-23-17-25-21-42(22-26(25)20-37-23)34(45)36-11-5-2-6-12-40-13-15-41(16-14-40)33(44)29-18-24(9-10-30(29)35)19-31-27-7-3-4-8-28(27)32(43)39-38-31/h3-4,7-10,17-18,20H,2,5-6,11-16,19,21-22H2,1H3,(H,36,45)(H,39,43). The number of pyridine rings is 1. The van der Waals surface area contributed by atoms with E-state index in [0.717, 1.165) is 61.1 Å². The molecule has 2 aromatic carbocycles. The fourth-order valence-electron chi connectivity index (χ4n) is 6.18. The number of hydrogen-bond acceptors (Lipinski definition) is 6. The van der Waals surface area contributed by atoms with Gasteiger partial charge in [0.1, 0.15) is 5.82 Å². The Labute approximate surface area is 261 Å². The van der Waals surface area contributed by atoms with Crippen molar-refractivity contribution in [2.24, 2.45) is 0 Å². The van der Waals surface area contributed by atoms with E-state index in [4.69, 9.17) is 0 Å². The smallest absolute Gasteiger partial charge is 0.318 e. The fraction of sp³-hybridized carbons (Fsp3) is 0.382. The number of carbonyl (C=O) groups is 2. The molecule has 45 heavy (non-hydrogen) atoms. The maximum atomic E-state index is 14.8. The number of aromatic nitrogens is 3. The number of fused-ring (bicyclic) bond motifs is 2. The molecule has 234 valence electrons. The molecule has 2 aromatic heterocycles. The number of piperazine rings is 1. The first-order valence-corrected chi connectivity index (χ1v) is 15.6. The van der Waals surface area contributed by atoms with Crippen molar-refractivity contribution in [1.82, 2.24) is 35.2 Å². The molecule has 3 amide bonds. The second kappa shape index (κ2) is 13.6. The van der Waals surface area contributed by atoms with Crippen LogP contribution in [-0.4, -0.2) is 81.1 Å². The second-order valence-corrected chi connectivity index (χ2v) is 11.9. The molecule has 0 saturated carbocycles. The Bertz CT molecular complexity index is 1770. The van der Waals surface area contributed by atoms with Crippen LogP contribution in [0, 0.1) is 12.7 Å². The number of halogens is 1. The highest BCUT2D eigenvalue weighted by atomic mass is 19.1. The molecule has 10 nitrogen and oxygen atoms in total.